The average Bonchev–Trinajstić information content (AvgIpc) is 3.27. The van der Waals surface area contributed by atoms with E-state index in [9.17, 15) is 9.59 Å². The van der Waals surface area contributed by atoms with Crippen LogP contribution in [0.5, 0.6) is 5.75 Å². The van der Waals surface area contributed by atoms with E-state index in [-0.39, 0.29) is 18.2 Å². The smallest absolute Gasteiger partial charge is 0.229 e. The van der Waals surface area contributed by atoms with Crippen molar-refractivity contribution in [3.8, 4) is 5.75 Å². The maximum atomic E-state index is 12.6. The molecule has 2 heterocycles. The van der Waals surface area contributed by atoms with Gasteiger partial charge >= 0.3 is 0 Å². The zero-order valence-electron chi connectivity index (χ0n) is 14.2. The van der Waals surface area contributed by atoms with Gasteiger partial charge in [-0.3, -0.25) is 9.59 Å². The second-order valence-corrected chi connectivity index (χ2v) is 6.20. The molecule has 4 rings (SSSR count). The summed E-state index contributed by atoms with van der Waals surface area (Å²) in [6.07, 6.45) is 1.78. The number of methoxy groups -OCH3 is 1. The molecule has 0 saturated carbocycles. The van der Waals surface area contributed by atoms with Gasteiger partial charge in [0, 0.05) is 18.7 Å². The third-order valence-electron chi connectivity index (χ3n) is 4.56. The summed E-state index contributed by atoms with van der Waals surface area (Å²) in [5, 5.41) is 2.89. The Hall–Kier alpha value is -3.35. The molecule has 7 heteroatoms. The molecule has 1 aromatic heterocycles. The molecule has 2 N–H and O–H groups in total. The number of fused-ring (bicyclic) bond motifs is 1. The standard InChI is InChI=1S/C19H18N4O3/c1-26-17-5-3-2-4-16(17)23-10-12(8-18(23)24)19(25)22-13-6-7-14-15(9-13)21-11-20-14/h2-7,9,11-12H,8,10H2,1H3,(H,20,21)(H,22,25)/t12-/m1/s1. The van der Waals surface area contributed by atoms with Crippen LogP contribution in [0.1, 0.15) is 6.42 Å². The number of nitrogens with zero attached hydrogens (tertiary/aromatic N) is 2. The van der Waals surface area contributed by atoms with Crippen LogP contribution >= 0.6 is 0 Å². The Kier molecular flexibility index (Phi) is 4.04. The minimum Gasteiger partial charge on any atom is -0.495 e. The number of nitrogens with one attached hydrogen (secondary N) is 2. The van der Waals surface area contributed by atoms with E-state index in [0.29, 0.717) is 23.7 Å². The SMILES string of the molecule is COc1ccccc1N1C[C@H](C(=O)Nc2ccc3nc[nH]c3c2)CC1=O. The van der Waals surface area contributed by atoms with Gasteiger partial charge in [0.1, 0.15) is 5.75 Å². The van der Waals surface area contributed by atoms with E-state index in [1.54, 1.807) is 30.5 Å². The lowest BCUT2D eigenvalue weighted by molar-refractivity contribution is -0.122. The van der Waals surface area contributed by atoms with Gasteiger partial charge in [0.05, 0.1) is 36.1 Å². The van der Waals surface area contributed by atoms with Crippen molar-refractivity contribution in [3.63, 3.8) is 0 Å². The van der Waals surface area contributed by atoms with Crippen LogP contribution in [0.25, 0.3) is 11.0 Å². The van der Waals surface area contributed by atoms with E-state index in [2.05, 4.69) is 15.3 Å². The summed E-state index contributed by atoms with van der Waals surface area (Å²) in [6.45, 7) is 0.331. The van der Waals surface area contributed by atoms with Crippen LogP contribution in [0.2, 0.25) is 0 Å². The molecule has 7 nitrogen and oxygen atoms in total. The van der Waals surface area contributed by atoms with Crippen LogP contribution in [0.3, 0.4) is 0 Å². The fourth-order valence-electron chi connectivity index (χ4n) is 3.23. The fourth-order valence-corrected chi connectivity index (χ4v) is 3.23. The summed E-state index contributed by atoms with van der Waals surface area (Å²) in [4.78, 5) is 33.8. The lowest BCUT2D eigenvalue weighted by Crippen LogP contribution is -2.28. The number of H-pyrrole nitrogens is 1. The molecule has 0 aliphatic carbocycles. The first-order valence-electron chi connectivity index (χ1n) is 8.33. The van der Waals surface area contributed by atoms with Gasteiger partial charge in [0.25, 0.3) is 0 Å². The lowest BCUT2D eigenvalue weighted by Gasteiger charge is -2.19. The molecule has 2 aromatic carbocycles. The number of ether oxygens (including phenoxy) is 1. The molecule has 1 aliphatic heterocycles. The first-order valence-corrected chi connectivity index (χ1v) is 8.33. The van der Waals surface area contributed by atoms with Crippen LogP contribution in [0.15, 0.2) is 48.8 Å². The Morgan fingerprint density at radius 3 is 3.00 bits per heavy atom. The number of amides is 2. The van der Waals surface area contributed by atoms with Crippen LogP contribution in [-0.4, -0.2) is 35.4 Å². The van der Waals surface area contributed by atoms with Crippen molar-refractivity contribution in [1.82, 2.24) is 9.97 Å². The van der Waals surface area contributed by atoms with Crippen molar-refractivity contribution < 1.29 is 14.3 Å². The molecule has 132 valence electrons. The molecule has 0 spiro atoms. The number of aromatic nitrogens is 2. The second-order valence-electron chi connectivity index (χ2n) is 6.20. The number of carbonyl (C=O) groups is 2. The number of para-hydroxylation sites is 2. The molecule has 3 aromatic rings. The number of imidazole rings is 1. The van der Waals surface area contributed by atoms with E-state index in [1.165, 1.54) is 0 Å². The van der Waals surface area contributed by atoms with Gasteiger partial charge in [-0.2, -0.15) is 0 Å². The molecule has 1 saturated heterocycles. The zero-order chi connectivity index (χ0) is 18.1. The number of anilines is 2. The summed E-state index contributed by atoms with van der Waals surface area (Å²) < 4.78 is 5.33. The van der Waals surface area contributed by atoms with Gasteiger partial charge < -0.3 is 19.9 Å². The van der Waals surface area contributed by atoms with Gasteiger partial charge in [-0.1, -0.05) is 12.1 Å². The van der Waals surface area contributed by atoms with Crippen molar-refractivity contribution in [2.45, 2.75) is 6.42 Å². The number of benzene rings is 2. The molecule has 26 heavy (non-hydrogen) atoms. The molecule has 1 fully saturated rings. The normalized spacial score (nSPS) is 16.9. The maximum absolute atomic E-state index is 12.6. The van der Waals surface area contributed by atoms with E-state index >= 15 is 0 Å². The predicted octanol–water partition coefficient (Wildman–Crippen LogP) is 2.56. The average molecular weight is 350 g/mol. The van der Waals surface area contributed by atoms with E-state index in [1.807, 2.05) is 30.3 Å². The largest absolute Gasteiger partial charge is 0.495 e. The summed E-state index contributed by atoms with van der Waals surface area (Å²) in [7, 11) is 1.56. The van der Waals surface area contributed by atoms with Crippen molar-refractivity contribution in [2.75, 3.05) is 23.9 Å². The van der Waals surface area contributed by atoms with Crippen LogP contribution < -0.4 is 15.0 Å². The quantitative estimate of drug-likeness (QED) is 0.757. The first-order chi connectivity index (χ1) is 12.7. The highest BCUT2D eigenvalue weighted by molar-refractivity contribution is 6.04. The number of hydrogen-bond donors (Lipinski definition) is 2. The fraction of sp³-hybridized carbons (Fsp3) is 0.211. The maximum Gasteiger partial charge on any atom is 0.229 e. The summed E-state index contributed by atoms with van der Waals surface area (Å²) in [5.74, 6) is -0.0511. The Labute approximate surface area is 150 Å². The van der Waals surface area contributed by atoms with Gasteiger partial charge in [0.2, 0.25) is 11.8 Å². The first kappa shape index (κ1) is 16.1. The molecular weight excluding hydrogens is 332 g/mol. The molecule has 0 unspecified atom stereocenters. The van der Waals surface area contributed by atoms with Gasteiger partial charge in [-0.25, -0.2) is 4.98 Å². The highest BCUT2D eigenvalue weighted by Crippen LogP contribution is 2.33. The number of carbonyl (C=O) groups excluding carboxylic acids is 2. The molecule has 0 bridgehead atoms. The number of hydrogen-bond acceptors (Lipinski definition) is 4. The molecule has 1 atom stereocenters. The van der Waals surface area contributed by atoms with Crippen LogP contribution in [0.4, 0.5) is 11.4 Å². The van der Waals surface area contributed by atoms with E-state index in [0.717, 1.165) is 11.0 Å². The van der Waals surface area contributed by atoms with Crippen molar-refractivity contribution in [1.29, 1.82) is 0 Å². The van der Waals surface area contributed by atoms with Crippen molar-refractivity contribution in [2.24, 2.45) is 5.92 Å². The zero-order valence-corrected chi connectivity index (χ0v) is 14.2. The highest BCUT2D eigenvalue weighted by Gasteiger charge is 2.36. The summed E-state index contributed by atoms with van der Waals surface area (Å²) in [6, 6.07) is 12.8. The topological polar surface area (TPSA) is 87.3 Å². The Morgan fingerprint density at radius 2 is 2.15 bits per heavy atom. The predicted molar refractivity (Wildman–Crippen MR) is 98.2 cm³/mol. The van der Waals surface area contributed by atoms with Crippen molar-refractivity contribution in [3.05, 3.63) is 48.8 Å². The Balaban J connectivity index is 1.50. The molecular formula is C19H18N4O3. The van der Waals surface area contributed by atoms with Crippen LogP contribution in [-0.2, 0) is 9.59 Å². The van der Waals surface area contributed by atoms with Gasteiger partial charge in [-0.15, -0.1) is 0 Å². The summed E-state index contributed by atoms with van der Waals surface area (Å²) in [5.41, 5.74) is 3.05. The van der Waals surface area contributed by atoms with Gasteiger partial charge in [0.15, 0.2) is 0 Å². The third kappa shape index (κ3) is 2.88. The minimum atomic E-state index is -0.412. The lowest BCUT2D eigenvalue weighted by atomic mass is 10.1. The van der Waals surface area contributed by atoms with E-state index < -0.39 is 5.92 Å². The molecule has 2 amide bonds. The van der Waals surface area contributed by atoms with Gasteiger partial charge in [-0.05, 0) is 30.3 Å². The second kappa shape index (κ2) is 6.51. The Morgan fingerprint density at radius 1 is 1.31 bits per heavy atom. The molecule has 1 aliphatic rings. The Bertz CT molecular complexity index is 982. The minimum absolute atomic E-state index is 0.0846. The number of aromatic amines is 1. The monoisotopic (exact) mass is 350 g/mol. The summed E-state index contributed by atoms with van der Waals surface area (Å²) >= 11 is 0. The van der Waals surface area contributed by atoms with E-state index in [4.69, 9.17) is 4.74 Å². The van der Waals surface area contributed by atoms with Crippen molar-refractivity contribution >= 4 is 34.2 Å². The van der Waals surface area contributed by atoms with Crippen LogP contribution in [0, 0.1) is 5.92 Å². The highest BCUT2D eigenvalue weighted by atomic mass is 16.5. The molecule has 0 radical (unpaired) electrons. The third-order valence-corrected chi connectivity index (χ3v) is 4.56. The number of rotatable bonds is 4.